The van der Waals surface area contributed by atoms with Crippen LogP contribution in [0.4, 0.5) is 5.13 Å². The predicted octanol–water partition coefficient (Wildman–Crippen LogP) is 1.86. The van der Waals surface area contributed by atoms with Gasteiger partial charge in [-0.1, -0.05) is 18.3 Å². The van der Waals surface area contributed by atoms with Crippen LogP contribution in [0, 0.1) is 6.92 Å². The second kappa shape index (κ2) is 8.11. The Hall–Kier alpha value is -1.15. The number of carbonyl (C=O) groups excluding carboxylic acids is 2. The molecule has 1 aromatic rings. The number of hydrogen-bond donors (Lipinski definition) is 1. The van der Waals surface area contributed by atoms with Crippen molar-refractivity contribution in [1.82, 2.24) is 10.2 Å². The molecule has 1 unspecified atom stereocenters. The molecule has 0 saturated heterocycles. The largest absolute Gasteiger partial charge is 0.465 e. The molecule has 0 spiro atoms. The van der Waals surface area contributed by atoms with E-state index in [1.165, 1.54) is 23.1 Å². The Bertz CT molecular complexity index is 437. The molecule has 6 nitrogen and oxygen atoms in total. The lowest BCUT2D eigenvalue weighted by molar-refractivity contribution is -0.139. The van der Waals surface area contributed by atoms with Crippen LogP contribution >= 0.6 is 23.1 Å². The van der Waals surface area contributed by atoms with Gasteiger partial charge in [0.25, 0.3) is 0 Å². The number of anilines is 1. The van der Waals surface area contributed by atoms with E-state index in [9.17, 15) is 9.59 Å². The molecule has 0 fully saturated rings. The standard InChI is InChI=1S/C11H17N3O3S2/c1-4-8(18-6-9(15)17-5-2)10(16)12-11-14-13-7(3)19-11/h8H,4-6H2,1-3H3,(H,12,14,16). The number of carbonyl (C=O) groups is 2. The van der Waals surface area contributed by atoms with E-state index in [1.54, 1.807) is 6.92 Å². The molecule has 0 radical (unpaired) electrons. The summed E-state index contributed by atoms with van der Waals surface area (Å²) in [5.41, 5.74) is 0. The van der Waals surface area contributed by atoms with Crippen LogP contribution in [0.25, 0.3) is 0 Å². The van der Waals surface area contributed by atoms with Crippen LogP contribution < -0.4 is 5.32 Å². The number of nitrogens with one attached hydrogen (secondary N) is 1. The maximum absolute atomic E-state index is 12.0. The smallest absolute Gasteiger partial charge is 0.315 e. The van der Waals surface area contributed by atoms with Crippen molar-refractivity contribution in [2.75, 3.05) is 17.7 Å². The van der Waals surface area contributed by atoms with Gasteiger partial charge < -0.3 is 4.74 Å². The highest BCUT2D eigenvalue weighted by Gasteiger charge is 2.20. The van der Waals surface area contributed by atoms with Gasteiger partial charge in [-0.25, -0.2) is 0 Å². The van der Waals surface area contributed by atoms with E-state index in [4.69, 9.17) is 4.74 Å². The number of esters is 1. The molecular formula is C11H17N3O3S2. The molecule has 0 aliphatic heterocycles. The van der Waals surface area contributed by atoms with Gasteiger partial charge in [0.1, 0.15) is 5.01 Å². The third kappa shape index (κ3) is 5.56. The Morgan fingerprint density at radius 2 is 2.16 bits per heavy atom. The van der Waals surface area contributed by atoms with E-state index in [-0.39, 0.29) is 22.9 Å². The second-order valence-corrected chi connectivity index (χ2v) is 6.00. The van der Waals surface area contributed by atoms with E-state index in [0.717, 1.165) is 5.01 Å². The van der Waals surface area contributed by atoms with Gasteiger partial charge in [0, 0.05) is 0 Å². The molecule has 8 heteroatoms. The average Bonchev–Trinajstić information content (AvgIpc) is 2.76. The molecule has 0 bridgehead atoms. The lowest BCUT2D eigenvalue weighted by atomic mass is 10.3. The number of aryl methyl sites for hydroxylation is 1. The molecule has 1 rings (SSSR count). The van der Waals surface area contributed by atoms with Gasteiger partial charge in [0.2, 0.25) is 11.0 Å². The first kappa shape index (κ1) is 15.9. The zero-order chi connectivity index (χ0) is 14.3. The van der Waals surface area contributed by atoms with Crippen molar-refractivity contribution in [3.05, 3.63) is 5.01 Å². The van der Waals surface area contributed by atoms with Gasteiger partial charge in [-0.05, 0) is 20.3 Å². The first-order valence-corrected chi connectivity index (χ1v) is 7.81. The summed E-state index contributed by atoms with van der Waals surface area (Å²) < 4.78 is 4.83. The molecule has 1 heterocycles. The first-order chi connectivity index (χ1) is 9.06. The minimum absolute atomic E-state index is 0.159. The number of rotatable bonds is 7. The molecule has 1 amide bonds. The van der Waals surface area contributed by atoms with Gasteiger partial charge >= 0.3 is 5.97 Å². The Morgan fingerprint density at radius 1 is 1.42 bits per heavy atom. The highest BCUT2D eigenvalue weighted by molar-refractivity contribution is 8.01. The van der Waals surface area contributed by atoms with E-state index in [2.05, 4.69) is 15.5 Å². The van der Waals surface area contributed by atoms with Gasteiger partial charge in [-0.2, -0.15) is 0 Å². The Balaban J connectivity index is 2.45. The number of ether oxygens (including phenoxy) is 1. The number of nitrogens with zero attached hydrogens (tertiary/aromatic N) is 2. The van der Waals surface area contributed by atoms with Crippen LogP contribution in [0.2, 0.25) is 0 Å². The number of aromatic nitrogens is 2. The molecule has 0 aliphatic carbocycles. The third-order valence-corrected chi connectivity index (χ3v) is 4.23. The lowest BCUT2D eigenvalue weighted by Gasteiger charge is -2.12. The molecule has 1 N–H and O–H groups in total. The zero-order valence-corrected chi connectivity index (χ0v) is 12.8. The molecule has 0 aliphatic rings. The van der Waals surface area contributed by atoms with Crippen molar-refractivity contribution >= 4 is 40.1 Å². The first-order valence-electron chi connectivity index (χ1n) is 5.95. The van der Waals surface area contributed by atoms with E-state index >= 15 is 0 Å². The van der Waals surface area contributed by atoms with Crippen LogP contribution in [-0.2, 0) is 14.3 Å². The third-order valence-electron chi connectivity index (χ3n) is 2.13. The van der Waals surface area contributed by atoms with Crippen molar-refractivity contribution in [3.63, 3.8) is 0 Å². The molecule has 1 atom stereocenters. The summed E-state index contributed by atoms with van der Waals surface area (Å²) in [4.78, 5) is 23.2. The van der Waals surface area contributed by atoms with E-state index < -0.39 is 0 Å². The fourth-order valence-electron chi connectivity index (χ4n) is 1.28. The summed E-state index contributed by atoms with van der Waals surface area (Å²) in [6.45, 7) is 5.82. The normalized spacial score (nSPS) is 11.9. The number of thioether (sulfide) groups is 1. The fraction of sp³-hybridized carbons (Fsp3) is 0.636. The van der Waals surface area contributed by atoms with Crippen molar-refractivity contribution in [2.24, 2.45) is 0 Å². The quantitative estimate of drug-likeness (QED) is 0.774. The highest BCUT2D eigenvalue weighted by atomic mass is 32.2. The predicted molar refractivity (Wildman–Crippen MR) is 76.4 cm³/mol. The topological polar surface area (TPSA) is 81.2 Å². The van der Waals surface area contributed by atoms with Crippen molar-refractivity contribution in [2.45, 2.75) is 32.4 Å². The fourth-order valence-corrected chi connectivity index (χ4v) is 2.74. The Morgan fingerprint density at radius 3 is 2.68 bits per heavy atom. The Labute approximate surface area is 120 Å². The average molecular weight is 303 g/mol. The SMILES string of the molecule is CCOC(=O)CSC(CC)C(=O)Nc1nnc(C)s1. The van der Waals surface area contributed by atoms with Crippen molar-refractivity contribution in [3.8, 4) is 0 Å². The highest BCUT2D eigenvalue weighted by Crippen LogP contribution is 2.19. The van der Waals surface area contributed by atoms with Crippen LogP contribution in [-0.4, -0.2) is 39.7 Å². The molecule has 0 aromatic carbocycles. The van der Waals surface area contributed by atoms with Crippen LogP contribution in [0.5, 0.6) is 0 Å². The summed E-state index contributed by atoms with van der Waals surface area (Å²) in [5.74, 6) is -0.284. The van der Waals surface area contributed by atoms with Crippen LogP contribution in [0.1, 0.15) is 25.3 Å². The minimum Gasteiger partial charge on any atom is -0.465 e. The number of amides is 1. The second-order valence-electron chi connectivity index (χ2n) is 3.63. The zero-order valence-electron chi connectivity index (χ0n) is 11.1. The van der Waals surface area contributed by atoms with Gasteiger partial charge in [-0.15, -0.1) is 22.0 Å². The lowest BCUT2D eigenvalue weighted by Crippen LogP contribution is -2.26. The van der Waals surface area contributed by atoms with E-state index in [1.807, 2.05) is 13.8 Å². The monoisotopic (exact) mass is 303 g/mol. The Kier molecular flexibility index (Phi) is 6.79. The summed E-state index contributed by atoms with van der Waals surface area (Å²) in [5, 5.41) is 11.3. The molecular weight excluding hydrogens is 286 g/mol. The van der Waals surface area contributed by atoms with Gasteiger partial charge in [0.15, 0.2) is 0 Å². The van der Waals surface area contributed by atoms with Crippen molar-refractivity contribution in [1.29, 1.82) is 0 Å². The summed E-state index contributed by atoms with van der Waals surface area (Å²) in [6, 6.07) is 0. The molecule has 0 saturated carbocycles. The summed E-state index contributed by atoms with van der Waals surface area (Å²) in [7, 11) is 0. The van der Waals surface area contributed by atoms with Crippen LogP contribution in [0.15, 0.2) is 0 Å². The summed E-state index contributed by atoms with van der Waals surface area (Å²) >= 11 is 2.60. The maximum atomic E-state index is 12.0. The maximum Gasteiger partial charge on any atom is 0.315 e. The van der Waals surface area contributed by atoms with Crippen molar-refractivity contribution < 1.29 is 14.3 Å². The van der Waals surface area contributed by atoms with Gasteiger partial charge in [0.05, 0.1) is 17.6 Å². The van der Waals surface area contributed by atoms with Crippen LogP contribution in [0.3, 0.4) is 0 Å². The number of hydrogen-bond acceptors (Lipinski definition) is 7. The van der Waals surface area contributed by atoms with E-state index in [0.29, 0.717) is 18.2 Å². The molecule has 19 heavy (non-hydrogen) atoms. The molecule has 1 aromatic heterocycles. The van der Waals surface area contributed by atoms with Gasteiger partial charge in [-0.3, -0.25) is 14.9 Å². The summed E-state index contributed by atoms with van der Waals surface area (Å²) in [6.07, 6.45) is 0.633. The minimum atomic E-state index is -0.300. The molecule has 106 valence electrons.